The molecule has 5 nitrogen and oxygen atoms in total. The van der Waals surface area contributed by atoms with Crippen LogP contribution >= 0.6 is 0 Å². The molecule has 1 saturated heterocycles. The minimum Gasteiger partial charge on any atom is -0.423 e. The molecule has 2 N–H and O–H groups in total. The topological polar surface area (TPSA) is 71.8 Å². The van der Waals surface area contributed by atoms with Gasteiger partial charge in [0.25, 0.3) is 0 Å². The third kappa shape index (κ3) is 1.94. The third-order valence-electron chi connectivity index (χ3n) is 2.45. The van der Waals surface area contributed by atoms with Gasteiger partial charge < -0.3 is 19.5 Å². The van der Waals surface area contributed by atoms with Crippen LogP contribution in [0.25, 0.3) is 0 Å². The lowest BCUT2D eigenvalue weighted by molar-refractivity contribution is -0.0498. The maximum Gasteiger partial charge on any atom is 0.490 e. The van der Waals surface area contributed by atoms with Gasteiger partial charge in [0.15, 0.2) is 5.82 Å². The third-order valence-corrected chi connectivity index (χ3v) is 2.45. The highest BCUT2D eigenvalue weighted by atomic mass is 19.1. The molecule has 1 aliphatic rings. The van der Waals surface area contributed by atoms with Crippen molar-refractivity contribution in [3.63, 3.8) is 0 Å². The van der Waals surface area contributed by atoms with Crippen LogP contribution in [-0.4, -0.2) is 35.4 Å². The molecule has 0 aromatic carbocycles. The SMILES string of the molecule is Cc1c(B(O)O)cnc(C2OCCO2)c1F. The van der Waals surface area contributed by atoms with Crippen molar-refractivity contribution in [2.75, 3.05) is 13.2 Å². The van der Waals surface area contributed by atoms with E-state index >= 15 is 0 Å². The number of ether oxygens (including phenoxy) is 2. The Hall–Kier alpha value is -1.02. The minimum atomic E-state index is -1.73. The summed E-state index contributed by atoms with van der Waals surface area (Å²) in [6.45, 7) is 2.24. The first kappa shape index (κ1) is 11.5. The van der Waals surface area contributed by atoms with Crippen LogP contribution in [0.5, 0.6) is 0 Å². The van der Waals surface area contributed by atoms with Crippen molar-refractivity contribution in [3.8, 4) is 0 Å². The van der Waals surface area contributed by atoms with Crippen molar-refractivity contribution in [2.45, 2.75) is 13.2 Å². The van der Waals surface area contributed by atoms with Crippen molar-refractivity contribution < 1.29 is 23.9 Å². The van der Waals surface area contributed by atoms with E-state index in [1.165, 1.54) is 13.1 Å². The van der Waals surface area contributed by atoms with Crippen LogP contribution in [-0.2, 0) is 9.47 Å². The summed E-state index contributed by atoms with van der Waals surface area (Å²) in [5, 5.41) is 17.9. The second-order valence-electron chi connectivity index (χ2n) is 3.48. The number of hydrogen-bond donors (Lipinski definition) is 2. The second-order valence-corrected chi connectivity index (χ2v) is 3.48. The fourth-order valence-corrected chi connectivity index (χ4v) is 1.55. The summed E-state index contributed by atoms with van der Waals surface area (Å²) in [7, 11) is -1.73. The predicted molar refractivity (Wildman–Crippen MR) is 53.4 cm³/mol. The van der Waals surface area contributed by atoms with Gasteiger partial charge in [0.2, 0.25) is 6.29 Å². The largest absolute Gasteiger partial charge is 0.490 e. The zero-order chi connectivity index (χ0) is 11.7. The molecule has 0 spiro atoms. The molecule has 86 valence electrons. The molecule has 16 heavy (non-hydrogen) atoms. The van der Waals surface area contributed by atoms with Gasteiger partial charge in [0, 0.05) is 11.7 Å². The van der Waals surface area contributed by atoms with Crippen LogP contribution in [0.3, 0.4) is 0 Å². The lowest BCUT2D eigenvalue weighted by Gasteiger charge is -2.13. The predicted octanol–water partition coefficient (Wildman–Crippen LogP) is -0.746. The highest BCUT2D eigenvalue weighted by Gasteiger charge is 2.27. The highest BCUT2D eigenvalue weighted by Crippen LogP contribution is 2.24. The Morgan fingerprint density at radius 2 is 2.06 bits per heavy atom. The zero-order valence-electron chi connectivity index (χ0n) is 8.68. The molecule has 0 bridgehead atoms. The Bertz CT molecular complexity index is 395. The Labute approximate surface area is 92.0 Å². The molecule has 1 fully saturated rings. The fraction of sp³-hybridized carbons (Fsp3) is 0.444. The quantitative estimate of drug-likeness (QED) is 0.650. The van der Waals surface area contributed by atoms with Crippen molar-refractivity contribution in [3.05, 3.63) is 23.3 Å². The van der Waals surface area contributed by atoms with Gasteiger partial charge in [-0.15, -0.1) is 0 Å². The zero-order valence-corrected chi connectivity index (χ0v) is 8.68. The Morgan fingerprint density at radius 3 is 2.62 bits per heavy atom. The number of aromatic nitrogens is 1. The van der Waals surface area contributed by atoms with E-state index in [1.54, 1.807) is 0 Å². The van der Waals surface area contributed by atoms with Crippen LogP contribution in [0.2, 0.25) is 0 Å². The summed E-state index contributed by atoms with van der Waals surface area (Å²) in [4.78, 5) is 3.80. The standard InChI is InChI=1S/C9H11BFNO4/c1-5-6(10(13)14)4-12-8(7(5)11)9-15-2-3-16-9/h4,9,13-14H,2-3H2,1H3. The first-order valence-corrected chi connectivity index (χ1v) is 4.85. The van der Waals surface area contributed by atoms with E-state index in [-0.39, 0.29) is 16.7 Å². The summed E-state index contributed by atoms with van der Waals surface area (Å²) < 4.78 is 24.1. The molecular formula is C9H11BFNO4. The molecule has 1 aromatic rings. The molecule has 0 saturated carbocycles. The van der Waals surface area contributed by atoms with Gasteiger partial charge in [-0.3, -0.25) is 4.98 Å². The van der Waals surface area contributed by atoms with Crippen LogP contribution in [0.15, 0.2) is 6.20 Å². The molecule has 0 atom stereocenters. The second kappa shape index (κ2) is 4.46. The van der Waals surface area contributed by atoms with Crippen LogP contribution in [0.1, 0.15) is 17.5 Å². The Balaban J connectivity index is 2.38. The summed E-state index contributed by atoms with van der Waals surface area (Å²) >= 11 is 0. The lowest BCUT2D eigenvalue weighted by atomic mass is 9.78. The van der Waals surface area contributed by atoms with Gasteiger partial charge in [-0.05, 0) is 12.5 Å². The summed E-state index contributed by atoms with van der Waals surface area (Å²) in [5.74, 6) is -0.627. The van der Waals surface area contributed by atoms with E-state index in [1.807, 2.05) is 0 Å². The van der Waals surface area contributed by atoms with E-state index in [0.29, 0.717) is 13.2 Å². The molecule has 1 aliphatic heterocycles. The molecule has 2 heterocycles. The Morgan fingerprint density at radius 1 is 1.44 bits per heavy atom. The number of halogens is 1. The van der Waals surface area contributed by atoms with Gasteiger partial charge in [0.1, 0.15) is 5.69 Å². The monoisotopic (exact) mass is 227 g/mol. The van der Waals surface area contributed by atoms with Crippen LogP contribution in [0.4, 0.5) is 4.39 Å². The van der Waals surface area contributed by atoms with Gasteiger partial charge in [-0.2, -0.15) is 0 Å². The summed E-state index contributed by atoms with van der Waals surface area (Å²) in [5.41, 5.74) is 0.220. The molecule has 0 radical (unpaired) electrons. The molecular weight excluding hydrogens is 216 g/mol. The molecule has 0 amide bonds. The number of rotatable bonds is 2. The van der Waals surface area contributed by atoms with E-state index in [0.717, 1.165) is 0 Å². The number of hydrogen-bond acceptors (Lipinski definition) is 5. The molecule has 0 unspecified atom stereocenters. The maximum atomic E-state index is 13.8. The lowest BCUT2D eigenvalue weighted by Crippen LogP contribution is -2.34. The van der Waals surface area contributed by atoms with Crippen molar-refractivity contribution >= 4 is 12.6 Å². The van der Waals surface area contributed by atoms with E-state index < -0.39 is 19.2 Å². The molecule has 7 heteroatoms. The van der Waals surface area contributed by atoms with Gasteiger partial charge in [-0.1, -0.05) is 0 Å². The molecule has 0 aliphatic carbocycles. The Kier molecular flexibility index (Phi) is 3.20. The average molecular weight is 227 g/mol. The fourth-order valence-electron chi connectivity index (χ4n) is 1.55. The first-order valence-electron chi connectivity index (χ1n) is 4.85. The van der Waals surface area contributed by atoms with E-state index in [2.05, 4.69) is 4.98 Å². The normalized spacial score (nSPS) is 16.8. The molecule has 1 aromatic heterocycles. The van der Waals surface area contributed by atoms with Crippen molar-refractivity contribution in [1.82, 2.24) is 4.98 Å². The summed E-state index contributed by atoms with van der Waals surface area (Å²) in [6, 6.07) is 0. The number of nitrogens with zero attached hydrogens (tertiary/aromatic N) is 1. The van der Waals surface area contributed by atoms with Crippen molar-refractivity contribution in [1.29, 1.82) is 0 Å². The van der Waals surface area contributed by atoms with Crippen LogP contribution in [0, 0.1) is 12.7 Å². The molecule has 2 rings (SSSR count). The number of pyridine rings is 1. The van der Waals surface area contributed by atoms with Gasteiger partial charge >= 0.3 is 7.12 Å². The van der Waals surface area contributed by atoms with E-state index in [9.17, 15) is 4.39 Å². The van der Waals surface area contributed by atoms with Gasteiger partial charge in [0.05, 0.1) is 13.2 Å². The van der Waals surface area contributed by atoms with E-state index in [4.69, 9.17) is 19.5 Å². The van der Waals surface area contributed by atoms with Gasteiger partial charge in [-0.25, -0.2) is 4.39 Å². The first-order chi connectivity index (χ1) is 7.61. The maximum absolute atomic E-state index is 13.8. The smallest absolute Gasteiger partial charge is 0.423 e. The minimum absolute atomic E-state index is 0.0410. The van der Waals surface area contributed by atoms with Crippen molar-refractivity contribution in [2.24, 2.45) is 0 Å². The highest BCUT2D eigenvalue weighted by molar-refractivity contribution is 6.59. The van der Waals surface area contributed by atoms with Crippen LogP contribution < -0.4 is 5.46 Å². The summed E-state index contributed by atoms with van der Waals surface area (Å²) in [6.07, 6.45) is 0.410. The average Bonchev–Trinajstić information content (AvgIpc) is 2.74.